The summed E-state index contributed by atoms with van der Waals surface area (Å²) in [7, 11) is 5.79. The number of hydrogen-bond donors (Lipinski definition) is 6. The SMILES string of the molecule is [2H]C([2H])([2H])C(C)(C([2H])([2H])[2H])C([2H])([2H])C1([2H])C([2H])([2H])N2C(c3cc(OC)c(OC)cc3C([2H])([2H])C2([2H])[2H])C([2H])([2H])C1([2H])O.[2H]C([2H])([2H])C(C)(C([2H])([2H])[2H])C([2H])([2H])C1([2H])C([2H])([2H])N2C(c3cc(OC)c(OC)cc3C([2H])([2H])C2([2H])[2H])C([2H])([2H])C1([2H])O.[2H]C([2H])([2H])Oc1cc2c(cc1OC)C([2H])([2H])C([2H])([2H])N1C2C([2H])([2H])C([2H])(O)C([2H])(C([2H])([2H])C(C)(C([2H])([2H])[2H])C([2H])([2H])[2H])C1([2H])[2H].[2H]C([2H])([2H])Oc1cc2c(cc1OC)C([2H])([2H])C([2H])([2H])N1C2C([2H])([2H])C([2H])(O)C([2H])(CC(C)C)C1([2H])[2H].[2H]C1([2H])c2cc(OC)c(OC)cc2C2N(C1([2H])[2H])C([2H])([2H])C([2H])(CC(C)C)C([2H])(O)C2([2H])[2H].[2H]C1([2H])c2cc(OC)c(OC)cc2C2N(C1([2H])[2H])C([2H])([2H])C([2H])(CC(C)C)C([2H])(O)C2([2H])[2H]. The summed E-state index contributed by atoms with van der Waals surface area (Å²) in [6.07, 6.45) is -77.8. The lowest BCUT2D eigenvalue weighted by Gasteiger charge is -2.47. The maximum absolute atomic E-state index is 11.6. The summed E-state index contributed by atoms with van der Waals surface area (Å²) in [6, 6.07) is -1.85. The van der Waals surface area contributed by atoms with E-state index >= 15 is 0 Å². The first kappa shape index (κ1) is 42.2. The van der Waals surface area contributed by atoms with Crippen LogP contribution in [0.15, 0.2) is 72.8 Å². The highest BCUT2D eigenvalue weighted by Crippen LogP contribution is 2.53. The number of rotatable bonds is 21. The predicted molar refractivity (Wildman–Crippen MR) is 561 cm³/mol. The van der Waals surface area contributed by atoms with Gasteiger partial charge in [0, 0.05) is 221 Å². The van der Waals surface area contributed by atoms with Crippen molar-refractivity contribution in [1.29, 1.82) is 0 Å². The molecular weight excluding hydrogens is 1780 g/mol. The Morgan fingerprint density at radius 1 is 0.277 bits per heavy atom. The van der Waals surface area contributed by atoms with E-state index in [1.807, 2.05) is 0 Å². The molecule has 6 saturated heterocycles. The van der Waals surface area contributed by atoms with E-state index in [2.05, 4.69) is 0 Å². The molecule has 24 nitrogen and oxygen atoms in total. The third-order valence-corrected chi connectivity index (χ3v) is 21.9. The Hall–Kier alpha value is -7.56. The Morgan fingerprint density at radius 2 is 0.433 bits per heavy atom. The molecule has 18 atom stereocenters. The van der Waals surface area contributed by atoms with Crippen molar-refractivity contribution in [3.8, 4) is 69.0 Å². The molecule has 0 spiro atoms. The molecule has 12 aliphatic heterocycles. The van der Waals surface area contributed by atoms with Crippen molar-refractivity contribution in [2.24, 2.45) is 69.4 Å². The zero-order valence-electron chi connectivity index (χ0n) is 171. The lowest BCUT2D eigenvalue weighted by Crippen LogP contribution is -2.48. The molecule has 0 radical (unpaired) electrons. The van der Waals surface area contributed by atoms with Gasteiger partial charge < -0.3 is 87.5 Å². The molecule has 0 bridgehead atoms. The second-order valence-corrected chi connectivity index (χ2v) is 34.4. The average molecular weight is 2050 g/mol. The van der Waals surface area contributed by atoms with E-state index in [1.165, 1.54) is 54.8 Å². The van der Waals surface area contributed by atoms with Crippen LogP contribution in [0.1, 0.15) is 406 Å². The summed E-state index contributed by atoms with van der Waals surface area (Å²) in [5, 5.41) is 68.2. The van der Waals surface area contributed by atoms with Crippen LogP contribution in [0.25, 0.3) is 0 Å². The molecule has 12 aliphatic rings. The fourth-order valence-corrected chi connectivity index (χ4v) is 15.6. The van der Waals surface area contributed by atoms with Crippen LogP contribution in [0.5, 0.6) is 69.0 Å². The van der Waals surface area contributed by atoms with Gasteiger partial charge in [-0.05, 0) is 324 Å². The van der Waals surface area contributed by atoms with E-state index in [0.717, 1.165) is 83.0 Å². The monoisotopic (exact) mass is 2050 g/mol. The Bertz CT molecular complexity index is 9130. The summed E-state index contributed by atoms with van der Waals surface area (Å²) in [5.41, 5.74) is -17.2. The summed E-state index contributed by atoms with van der Waals surface area (Å²) >= 11 is 0. The molecule has 24 heteroatoms. The van der Waals surface area contributed by atoms with Gasteiger partial charge in [-0.2, -0.15) is 0 Å². The molecule has 18 rings (SSSR count). The van der Waals surface area contributed by atoms with Crippen molar-refractivity contribution in [3.05, 3.63) is 140 Å². The molecule has 0 aromatic heterocycles. The largest absolute Gasteiger partial charge is 0.493 e. The third kappa shape index (κ3) is 26.9. The van der Waals surface area contributed by atoms with Gasteiger partial charge >= 0.3 is 0 Å². The van der Waals surface area contributed by atoms with Crippen LogP contribution in [0.3, 0.4) is 0 Å². The number of hydrogen-bond acceptors (Lipinski definition) is 24. The Balaban J connectivity index is 0.000000220. The minimum absolute atomic E-state index is 0.0551. The standard InChI is InChI=1S/3C20H31NO3.3C19H29NO3/c3*1-20(2,3)11-14-12-21-7-6-13-8-18(23-4)19(24-5)9-15(13)16(21)10-17(14)22;3*1-12(2)7-14-11-20-6-5-13-8-18(22-3)19(23-4)9-15(13)16(20)10-17(14)21/h3*8-9,14,16-17,22H,6-7,10-12H2,1-5H3;3*8-9,12,14,16-17,21H,5-7,10-11H2,1-4H3/i1D3,2D3,5D3,6D2,7D2,10D2,11D2,12D2,14D,17D;2*1D3,2D3,6D2,7D2,10D2,11D2,12D2,14D,17D;4D3,5D2,6D2,10D2,11D2,14D,17D;2*5D2,6D2,10D2,11D2,14D,17D. The van der Waals surface area contributed by atoms with Gasteiger partial charge in [-0.1, -0.05) is 103 Å². The molecule has 0 amide bonds. The Kier molecular flexibility index (Phi) is 14.5. The molecule has 0 saturated carbocycles. The number of aliphatic hydroxyl groups is 6. The lowest BCUT2D eigenvalue weighted by molar-refractivity contribution is -0.0259. The van der Waals surface area contributed by atoms with Crippen LogP contribution < -0.4 is 56.8 Å². The molecule has 6 fully saturated rings. The first-order valence-corrected chi connectivity index (χ1v) is 43.7. The predicted octanol–water partition coefficient (Wildman–Crippen LogP) is 19.3. The van der Waals surface area contributed by atoms with E-state index in [4.69, 9.17) is 180 Å². The van der Waals surface area contributed by atoms with Gasteiger partial charge in [0.15, 0.2) is 69.0 Å². The summed E-state index contributed by atoms with van der Waals surface area (Å²) in [6.45, 7) is -56.0. The van der Waals surface area contributed by atoms with E-state index in [0.29, 0.717) is 29.7 Å². The highest BCUT2D eigenvalue weighted by molar-refractivity contribution is 5.55. The second kappa shape index (κ2) is 48.4. The van der Waals surface area contributed by atoms with Crippen LogP contribution in [-0.4, -0.2) is 260 Å². The molecule has 141 heavy (non-hydrogen) atoms. The normalized spacial score (nSPS) is 52.7. The first-order valence-electron chi connectivity index (χ1n) is 88.7. The highest BCUT2D eigenvalue weighted by Gasteiger charge is 2.47. The van der Waals surface area contributed by atoms with Crippen molar-refractivity contribution in [1.82, 2.24) is 29.4 Å². The fourth-order valence-electron chi connectivity index (χ4n) is 15.6. The van der Waals surface area contributed by atoms with Crippen molar-refractivity contribution < 1.29 is 211 Å². The van der Waals surface area contributed by atoms with Crippen LogP contribution in [0, 0.1) is 69.4 Å². The van der Waals surface area contributed by atoms with Crippen LogP contribution in [-0.2, 0) is 38.2 Å². The molecule has 12 heterocycles. The Labute approximate surface area is 972 Å². The minimum Gasteiger partial charge on any atom is -0.493 e. The van der Waals surface area contributed by atoms with Gasteiger partial charge in [0.2, 0.25) is 0 Å². The van der Waals surface area contributed by atoms with Crippen molar-refractivity contribution in [2.45, 2.75) is 291 Å². The first-order chi connectivity index (χ1) is 102. The second-order valence-electron chi connectivity index (χ2n) is 34.4. The molecule has 6 N–H and O–H groups in total. The number of aryl methyl sites for hydroxylation is 6. The van der Waals surface area contributed by atoms with Gasteiger partial charge in [0.05, 0.1) is 138 Å². The maximum Gasteiger partial charge on any atom is 0.161 e. The van der Waals surface area contributed by atoms with Crippen LogP contribution in [0.2, 0.25) is 0 Å². The summed E-state index contributed by atoms with van der Waals surface area (Å²) in [5.74, 6) is -26.0. The van der Waals surface area contributed by atoms with Gasteiger partial charge in [0.25, 0.3) is 0 Å². The number of methoxy groups -OCH3 is 12. The number of nitrogens with zero attached hydrogens (tertiary/aromatic N) is 6. The van der Waals surface area contributed by atoms with E-state index in [9.17, 15) is 30.6 Å². The molecule has 0 aliphatic carbocycles. The van der Waals surface area contributed by atoms with Gasteiger partial charge in [-0.15, -0.1) is 0 Å². The van der Waals surface area contributed by atoms with Crippen molar-refractivity contribution in [3.63, 3.8) is 0 Å². The van der Waals surface area contributed by atoms with E-state index in [-0.39, 0.29) is 101 Å². The smallest absolute Gasteiger partial charge is 0.161 e. The van der Waals surface area contributed by atoms with Gasteiger partial charge in [-0.25, -0.2) is 0 Å². The van der Waals surface area contributed by atoms with Crippen molar-refractivity contribution >= 4 is 0 Å². The quantitative estimate of drug-likeness (QED) is 0.0392. The molecule has 786 valence electrons. The Morgan fingerprint density at radius 3 is 0.589 bits per heavy atom. The molecule has 6 aromatic carbocycles. The highest BCUT2D eigenvalue weighted by atomic mass is 16.5. The number of fused-ring (bicyclic) bond motifs is 18. The van der Waals surface area contributed by atoms with Gasteiger partial charge in [-0.3, -0.25) is 29.4 Å². The number of benzene rings is 6. The van der Waals surface area contributed by atoms with E-state index < -0.39 is 452 Å². The minimum atomic E-state index is -4.57. The van der Waals surface area contributed by atoms with Crippen LogP contribution >= 0.6 is 0 Å². The summed E-state index contributed by atoms with van der Waals surface area (Å²) < 4.78 is 826. The average Bonchev–Trinajstić information content (AvgIpc) is 0.641. The lowest BCUT2D eigenvalue weighted by atomic mass is 9.75. The van der Waals surface area contributed by atoms with Crippen LogP contribution in [0.4, 0.5) is 0 Å². The molecular formula is C117H180N6O18. The zero-order valence-corrected chi connectivity index (χ0v) is 80.5. The zero-order chi connectivity index (χ0) is 182. The maximum atomic E-state index is 11.6. The third-order valence-electron chi connectivity index (χ3n) is 21.9. The molecule has 18 unspecified atom stereocenters. The number of ether oxygens (including phenoxy) is 12. The number of piperidine rings is 6. The van der Waals surface area contributed by atoms with Crippen molar-refractivity contribution in [2.75, 3.05) is 163 Å². The van der Waals surface area contributed by atoms with E-state index in [1.54, 1.807) is 41.5 Å². The van der Waals surface area contributed by atoms with Gasteiger partial charge in [0.1, 0.15) is 0 Å². The molecule has 6 aromatic rings. The summed E-state index contributed by atoms with van der Waals surface area (Å²) in [4.78, 5) is 0.232. The topological polar surface area (TPSA) is 252 Å². The fraction of sp³-hybridized carbons (Fsp3) is 0.692.